The molecule has 0 unspecified atom stereocenters. The van der Waals surface area contributed by atoms with Gasteiger partial charge in [-0.25, -0.2) is 4.79 Å². The molecular weight excluding hydrogens is 506 g/mol. The number of esters is 2. The molecule has 2 N–H and O–H groups in total. The number of aryl methyl sites for hydroxylation is 1. The Morgan fingerprint density at radius 1 is 1.14 bits per heavy atom. The Bertz CT molecular complexity index is 1290. The van der Waals surface area contributed by atoms with Crippen LogP contribution in [0.25, 0.3) is 0 Å². The molecule has 1 heterocycles. The van der Waals surface area contributed by atoms with Gasteiger partial charge in [0.2, 0.25) is 11.8 Å². The minimum atomic E-state index is -1.33. The summed E-state index contributed by atoms with van der Waals surface area (Å²) in [6.07, 6.45) is 0. The maximum Gasteiger partial charge on any atom is 0.337 e. The molecule has 0 spiro atoms. The summed E-state index contributed by atoms with van der Waals surface area (Å²) in [7, 11) is 2.40. The quantitative estimate of drug-likeness (QED) is 0.412. The number of benzene rings is 2. The fraction of sp³-hybridized carbons (Fsp3) is 0.240. The molecule has 0 saturated carbocycles. The average Bonchev–Trinajstić information content (AvgIpc) is 2.88. The van der Waals surface area contributed by atoms with E-state index < -0.39 is 29.7 Å². The zero-order chi connectivity index (χ0) is 26.4. The van der Waals surface area contributed by atoms with Crippen LogP contribution in [0.15, 0.2) is 53.1 Å². The van der Waals surface area contributed by atoms with Crippen molar-refractivity contribution in [2.75, 3.05) is 25.3 Å². The van der Waals surface area contributed by atoms with Crippen molar-refractivity contribution in [1.29, 1.82) is 5.26 Å². The highest BCUT2D eigenvalue weighted by Crippen LogP contribution is 2.40. The number of nitrogens with zero attached hydrogens (tertiary/aromatic N) is 1. The first-order valence-corrected chi connectivity index (χ1v) is 12.0. The normalized spacial score (nSPS) is 17.0. The molecule has 2 atom stereocenters. The minimum absolute atomic E-state index is 0.0898. The highest BCUT2D eigenvalue weighted by atomic mass is 35.5. The molecule has 9 nitrogen and oxygen atoms in total. The topological polar surface area (TPSA) is 135 Å². The van der Waals surface area contributed by atoms with Crippen molar-refractivity contribution in [2.24, 2.45) is 5.92 Å². The number of hydrogen-bond acceptors (Lipinski definition) is 8. The summed E-state index contributed by atoms with van der Waals surface area (Å²) in [6.45, 7) is 1.84. The number of anilines is 1. The van der Waals surface area contributed by atoms with E-state index in [4.69, 9.17) is 21.1 Å². The zero-order valence-corrected chi connectivity index (χ0v) is 21.2. The van der Waals surface area contributed by atoms with Crippen molar-refractivity contribution in [2.45, 2.75) is 12.8 Å². The van der Waals surface area contributed by atoms with Crippen LogP contribution in [0.5, 0.6) is 0 Å². The molecule has 0 saturated heterocycles. The van der Waals surface area contributed by atoms with Crippen molar-refractivity contribution in [3.63, 3.8) is 0 Å². The number of nitriles is 1. The molecule has 3 rings (SSSR count). The molecule has 1 aliphatic heterocycles. The van der Waals surface area contributed by atoms with E-state index in [0.717, 1.165) is 24.4 Å². The van der Waals surface area contributed by atoms with Gasteiger partial charge in [-0.1, -0.05) is 41.6 Å². The van der Waals surface area contributed by atoms with Gasteiger partial charge in [-0.3, -0.25) is 14.4 Å². The number of rotatable bonds is 7. The van der Waals surface area contributed by atoms with E-state index in [1.807, 2.05) is 6.92 Å². The molecule has 11 heteroatoms. The number of methoxy groups -OCH3 is 2. The van der Waals surface area contributed by atoms with Crippen LogP contribution >= 0.6 is 23.4 Å². The number of amides is 2. The molecule has 0 fully saturated rings. The lowest BCUT2D eigenvalue weighted by Gasteiger charge is -2.31. The monoisotopic (exact) mass is 527 g/mol. The number of carbonyl (C=O) groups is 4. The predicted octanol–water partition coefficient (Wildman–Crippen LogP) is 3.54. The molecule has 186 valence electrons. The first-order valence-electron chi connectivity index (χ1n) is 10.6. The maximum atomic E-state index is 12.9. The summed E-state index contributed by atoms with van der Waals surface area (Å²) < 4.78 is 9.51. The molecule has 0 bridgehead atoms. The minimum Gasteiger partial charge on any atom is -0.468 e. The van der Waals surface area contributed by atoms with Crippen LogP contribution in [-0.2, 0) is 23.9 Å². The van der Waals surface area contributed by atoms with Gasteiger partial charge in [-0.05, 0) is 42.3 Å². The Morgan fingerprint density at radius 2 is 1.83 bits per heavy atom. The van der Waals surface area contributed by atoms with E-state index in [0.29, 0.717) is 16.3 Å². The summed E-state index contributed by atoms with van der Waals surface area (Å²) in [6, 6.07) is 13.2. The SMILES string of the molecule is COC(=O)c1ccc([C@H]2C(C#N)=C(SCC(=O)Nc3ccc(C)c(Cl)c3)NC(=O)[C@H]2C(=O)OC)cc1. The van der Waals surface area contributed by atoms with Crippen LogP contribution in [-0.4, -0.2) is 43.7 Å². The van der Waals surface area contributed by atoms with E-state index in [1.54, 1.807) is 30.3 Å². The number of carbonyl (C=O) groups excluding carboxylic acids is 4. The average molecular weight is 528 g/mol. The Hall–Kier alpha value is -3.81. The highest BCUT2D eigenvalue weighted by Gasteiger charge is 2.44. The van der Waals surface area contributed by atoms with Gasteiger partial charge >= 0.3 is 11.9 Å². The van der Waals surface area contributed by atoms with E-state index in [9.17, 15) is 24.4 Å². The van der Waals surface area contributed by atoms with Gasteiger partial charge in [0.05, 0.1) is 42.2 Å². The first-order chi connectivity index (χ1) is 17.2. The van der Waals surface area contributed by atoms with Crippen molar-refractivity contribution in [3.05, 3.63) is 74.8 Å². The van der Waals surface area contributed by atoms with Crippen LogP contribution < -0.4 is 10.6 Å². The van der Waals surface area contributed by atoms with E-state index >= 15 is 0 Å². The second-order valence-corrected chi connectivity index (χ2v) is 9.13. The van der Waals surface area contributed by atoms with Crippen LogP contribution in [0.1, 0.15) is 27.4 Å². The Labute approximate surface area is 216 Å². The number of thioether (sulfide) groups is 1. The van der Waals surface area contributed by atoms with Gasteiger partial charge < -0.3 is 20.1 Å². The summed E-state index contributed by atoms with van der Waals surface area (Å²) in [5.74, 6) is -4.86. The fourth-order valence-electron chi connectivity index (χ4n) is 3.63. The summed E-state index contributed by atoms with van der Waals surface area (Å²) >= 11 is 7.05. The van der Waals surface area contributed by atoms with Gasteiger partial charge in [-0.15, -0.1) is 0 Å². The second kappa shape index (κ2) is 11.7. The summed E-state index contributed by atoms with van der Waals surface area (Å²) in [5.41, 5.74) is 2.17. The molecule has 2 aromatic rings. The zero-order valence-electron chi connectivity index (χ0n) is 19.6. The first kappa shape index (κ1) is 26.8. The fourth-order valence-corrected chi connectivity index (χ4v) is 4.66. The van der Waals surface area contributed by atoms with Crippen molar-refractivity contribution in [3.8, 4) is 6.07 Å². The maximum absolute atomic E-state index is 12.9. The summed E-state index contributed by atoms with van der Waals surface area (Å²) in [5, 5.41) is 15.9. The van der Waals surface area contributed by atoms with Crippen LogP contribution in [0.3, 0.4) is 0 Å². The molecule has 36 heavy (non-hydrogen) atoms. The van der Waals surface area contributed by atoms with Gasteiger partial charge in [0.1, 0.15) is 5.92 Å². The highest BCUT2D eigenvalue weighted by molar-refractivity contribution is 8.03. The third kappa shape index (κ3) is 5.87. The number of hydrogen-bond donors (Lipinski definition) is 2. The van der Waals surface area contributed by atoms with E-state index in [1.165, 1.54) is 19.2 Å². The smallest absolute Gasteiger partial charge is 0.337 e. The van der Waals surface area contributed by atoms with Crippen molar-refractivity contribution in [1.82, 2.24) is 5.32 Å². The number of halogens is 1. The van der Waals surface area contributed by atoms with Crippen LogP contribution in [0, 0.1) is 24.2 Å². The number of ether oxygens (including phenoxy) is 2. The number of allylic oxidation sites excluding steroid dienone is 1. The molecular formula is C25H22ClN3O6S. The van der Waals surface area contributed by atoms with Crippen molar-refractivity contribution < 1.29 is 28.7 Å². The Balaban J connectivity index is 1.90. The molecule has 2 amide bonds. The lowest BCUT2D eigenvalue weighted by Crippen LogP contribution is -2.44. The lowest BCUT2D eigenvalue weighted by atomic mass is 9.78. The summed E-state index contributed by atoms with van der Waals surface area (Å²) in [4.78, 5) is 49.7. The van der Waals surface area contributed by atoms with Crippen LogP contribution in [0.2, 0.25) is 5.02 Å². The van der Waals surface area contributed by atoms with Gasteiger partial charge in [0, 0.05) is 16.6 Å². The molecule has 0 aliphatic carbocycles. The third-order valence-electron chi connectivity index (χ3n) is 5.48. The van der Waals surface area contributed by atoms with E-state index in [2.05, 4.69) is 16.7 Å². The van der Waals surface area contributed by atoms with E-state index in [-0.39, 0.29) is 27.8 Å². The van der Waals surface area contributed by atoms with Gasteiger partial charge in [0.25, 0.3) is 0 Å². The lowest BCUT2D eigenvalue weighted by molar-refractivity contribution is -0.150. The standard InChI is InChI=1S/C25H22ClN3O6S/c1-13-4-9-16(10-18(13)26)28-19(30)12-36-23-17(11-27)20(21(22(31)29-23)25(33)35-3)14-5-7-15(8-6-14)24(32)34-2/h4-10,20-21H,12H2,1-3H3,(H,28,30)(H,29,31)/t20-,21-/m0/s1. The molecule has 2 aromatic carbocycles. The largest absolute Gasteiger partial charge is 0.468 e. The molecule has 1 aliphatic rings. The Morgan fingerprint density at radius 3 is 2.42 bits per heavy atom. The predicted molar refractivity (Wildman–Crippen MR) is 134 cm³/mol. The van der Waals surface area contributed by atoms with Crippen LogP contribution in [0.4, 0.5) is 5.69 Å². The van der Waals surface area contributed by atoms with Gasteiger partial charge in [-0.2, -0.15) is 5.26 Å². The third-order valence-corrected chi connectivity index (χ3v) is 6.90. The second-order valence-electron chi connectivity index (χ2n) is 7.74. The number of nitrogens with one attached hydrogen (secondary N) is 2. The molecule has 0 aromatic heterocycles. The molecule has 0 radical (unpaired) electrons. The van der Waals surface area contributed by atoms with Crippen molar-refractivity contribution >= 4 is 52.8 Å². The van der Waals surface area contributed by atoms with Gasteiger partial charge in [0.15, 0.2) is 0 Å². The Kier molecular flexibility index (Phi) is 8.74.